The number of alkyl halides is 1. The van der Waals surface area contributed by atoms with Gasteiger partial charge in [0.15, 0.2) is 6.80 Å². The highest BCUT2D eigenvalue weighted by Gasteiger charge is 2.51. The lowest BCUT2D eigenvalue weighted by atomic mass is 9.99. The van der Waals surface area contributed by atoms with Crippen LogP contribution in [0.3, 0.4) is 0 Å². The molecule has 0 unspecified atom stereocenters. The number of amides is 4. The van der Waals surface area contributed by atoms with Crippen LogP contribution >= 0.6 is 0 Å². The summed E-state index contributed by atoms with van der Waals surface area (Å²) in [6, 6.07) is 18.7. The van der Waals surface area contributed by atoms with E-state index in [-0.39, 0.29) is 38.8 Å². The molecule has 12 heteroatoms. The van der Waals surface area contributed by atoms with E-state index in [2.05, 4.69) is 5.32 Å². The van der Waals surface area contributed by atoms with Crippen molar-refractivity contribution in [1.29, 1.82) is 0 Å². The van der Waals surface area contributed by atoms with E-state index in [1.165, 1.54) is 40.1 Å². The number of nitrogens with zero attached hydrogens (tertiary/aromatic N) is 4. The van der Waals surface area contributed by atoms with Gasteiger partial charge < -0.3 is 19.9 Å². The molecule has 0 aromatic heterocycles. The van der Waals surface area contributed by atoms with Crippen LogP contribution in [0.1, 0.15) is 22.7 Å². The fourth-order valence-corrected chi connectivity index (χ4v) is 5.18. The van der Waals surface area contributed by atoms with Crippen molar-refractivity contribution in [3.05, 3.63) is 107 Å². The highest BCUT2D eigenvalue weighted by atomic mass is 19.1. The van der Waals surface area contributed by atoms with Crippen molar-refractivity contribution < 1.29 is 32.3 Å². The number of carbonyl (C=O) groups excluding carboxylic acids is 3. The standard InChI is InChI=1S/C30H30F3N5O4/c31-20-36-18-27(39)37-26(38(36)30(41)34-16-21-10-12-24(32)13-11-21)17-35(29(40)28(37)22-6-2-1-3-7-22)14-15-42-19-23-8-4-5-9-25(23)33/h1-13,26,28H,14-20H2,(H,34,41)/t26-,28-/m0/s1. The third-order valence-corrected chi connectivity index (χ3v) is 7.26. The van der Waals surface area contributed by atoms with Gasteiger partial charge in [0.2, 0.25) is 11.8 Å². The van der Waals surface area contributed by atoms with Crippen LogP contribution in [-0.2, 0) is 27.5 Å². The van der Waals surface area contributed by atoms with Crippen LogP contribution in [0.2, 0.25) is 0 Å². The van der Waals surface area contributed by atoms with Crippen molar-refractivity contribution in [1.82, 2.24) is 25.1 Å². The molecule has 2 atom stereocenters. The summed E-state index contributed by atoms with van der Waals surface area (Å²) in [5.74, 6) is -1.70. The number of ether oxygens (including phenoxy) is 1. The zero-order chi connectivity index (χ0) is 29.6. The monoisotopic (exact) mass is 581 g/mol. The lowest BCUT2D eigenvalue weighted by molar-refractivity contribution is -0.196. The van der Waals surface area contributed by atoms with Crippen molar-refractivity contribution in [2.24, 2.45) is 0 Å². The molecule has 0 saturated carbocycles. The lowest BCUT2D eigenvalue weighted by Gasteiger charge is -2.54. The molecular weight excluding hydrogens is 551 g/mol. The Balaban J connectivity index is 1.38. The van der Waals surface area contributed by atoms with E-state index in [9.17, 15) is 27.6 Å². The molecule has 5 rings (SSSR count). The van der Waals surface area contributed by atoms with Crippen LogP contribution in [-0.4, -0.2) is 76.9 Å². The first-order chi connectivity index (χ1) is 20.4. The number of hydrogen-bond donors (Lipinski definition) is 1. The van der Waals surface area contributed by atoms with Gasteiger partial charge >= 0.3 is 6.03 Å². The van der Waals surface area contributed by atoms with Crippen molar-refractivity contribution in [2.75, 3.05) is 33.0 Å². The number of nitrogens with one attached hydrogen (secondary N) is 1. The number of halogens is 3. The predicted octanol–water partition coefficient (Wildman–Crippen LogP) is 3.59. The minimum Gasteiger partial charge on any atom is -0.375 e. The van der Waals surface area contributed by atoms with Crippen molar-refractivity contribution in [3.63, 3.8) is 0 Å². The Morgan fingerprint density at radius 3 is 2.38 bits per heavy atom. The van der Waals surface area contributed by atoms with E-state index in [1.54, 1.807) is 48.5 Å². The Kier molecular flexibility index (Phi) is 9.03. The van der Waals surface area contributed by atoms with Crippen molar-refractivity contribution in [3.8, 4) is 0 Å². The van der Waals surface area contributed by atoms with E-state index >= 15 is 0 Å². The van der Waals surface area contributed by atoms with Crippen molar-refractivity contribution >= 4 is 17.8 Å². The molecule has 2 aliphatic heterocycles. The van der Waals surface area contributed by atoms with Crippen LogP contribution in [0.15, 0.2) is 78.9 Å². The number of carbonyl (C=O) groups is 3. The molecule has 42 heavy (non-hydrogen) atoms. The number of hydrazine groups is 1. The fraction of sp³-hybridized carbons (Fsp3) is 0.300. The third kappa shape index (κ3) is 6.24. The first kappa shape index (κ1) is 29.1. The summed E-state index contributed by atoms with van der Waals surface area (Å²) in [6.07, 6.45) is -1.02. The number of urea groups is 1. The molecule has 0 bridgehead atoms. The van der Waals surface area contributed by atoms with Crippen LogP contribution in [0.5, 0.6) is 0 Å². The van der Waals surface area contributed by atoms with Crippen LogP contribution in [0.25, 0.3) is 0 Å². The highest BCUT2D eigenvalue weighted by Crippen LogP contribution is 2.34. The Labute approximate surface area is 241 Å². The van der Waals surface area contributed by atoms with Gasteiger partial charge in [-0.05, 0) is 29.3 Å². The van der Waals surface area contributed by atoms with Gasteiger partial charge in [0.1, 0.15) is 30.4 Å². The van der Waals surface area contributed by atoms with Crippen LogP contribution in [0, 0.1) is 11.6 Å². The molecular formula is C30H30F3N5O4. The van der Waals surface area contributed by atoms with Gasteiger partial charge in [0, 0.05) is 18.7 Å². The van der Waals surface area contributed by atoms with Gasteiger partial charge in [-0.1, -0.05) is 60.7 Å². The number of benzene rings is 3. The summed E-state index contributed by atoms with van der Waals surface area (Å²) < 4.78 is 47.2. The minimum atomic E-state index is -1.12. The number of rotatable bonds is 9. The fourth-order valence-electron chi connectivity index (χ4n) is 5.18. The smallest absolute Gasteiger partial charge is 0.334 e. The second-order valence-corrected chi connectivity index (χ2v) is 9.94. The van der Waals surface area contributed by atoms with Gasteiger partial charge in [-0.3, -0.25) is 9.59 Å². The topological polar surface area (TPSA) is 85.4 Å². The van der Waals surface area contributed by atoms with E-state index in [4.69, 9.17) is 4.74 Å². The summed E-state index contributed by atoms with van der Waals surface area (Å²) in [4.78, 5) is 43.4. The molecule has 2 heterocycles. The predicted molar refractivity (Wildman–Crippen MR) is 146 cm³/mol. The van der Waals surface area contributed by atoms with Gasteiger partial charge in [0.25, 0.3) is 0 Å². The second-order valence-electron chi connectivity index (χ2n) is 9.94. The molecule has 9 nitrogen and oxygen atoms in total. The van der Waals surface area contributed by atoms with E-state index in [0.717, 1.165) is 10.0 Å². The van der Waals surface area contributed by atoms with E-state index in [0.29, 0.717) is 16.7 Å². The summed E-state index contributed by atoms with van der Waals surface area (Å²) in [7, 11) is 0. The molecule has 3 aromatic carbocycles. The number of fused-ring (bicyclic) bond motifs is 1. The third-order valence-electron chi connectivity index (χ3n) is 7.26. The van der Waals surface area contributed by atoms with E-state index < -0.39 is 49.1 Å². The van der Waals surface area contributed by atoms with Crippen molar-refractivity contribution in [2.45, 2.75) is 25.4 Å². The minimum absolute atomic E-state index is 0.00158. The molecule has 220 valence electrons. The molecule has 0 aliphatic carbocycles. The highest BCUT2D eigenvalue weighted by molar-refractivity contribution is 5.92. The molecule has 2 aliphatic rings. The average Bonchev–Trinajstić information content (AvgIpc) is 3.00. The van der Waals surface area contributed by atoms with E-state index in [1.807, 2.05) is 0 Å². The van der Waals surface area contributed by atoms with Crippen LogP contribution < -0.4 is 5.32 Å². The zero-order valence-electron chi connectivity index (χ0n) is 22.7. The number of hydrogen-bond acceptors (Lipinski definition) is 5. The average molecular weight is 582 g/mol. The Morgan fingerprint density at radius 2 is 1.67 bits per heavy atom. The van der Waals surface area contributed by atoms with Crippen LogP contribution in [0.4, 0.5) is 18.0 Å². The molecule has 0 spiro atoms. The molecule has 4 amide bonds. The maximum atomic E-state index is 14.2. The van der Waals surface area contributed by atoms with Gasteiger partial charge in [-0.25, -0.2) is 23.0 Å². The molecule has 1 N–H and O–H groups in total. The zero-order valence-corrected chi connectivity index (χ0v) is 22.7. The summed E-state index contributed by atoms with van der Waals surface area (Å²) >= 11 is 0. The Morgan fingerprint density at radius 1 is 0.952 bits per heavy atom. The Hall–Kier alpha value is -4.42. The van der Waals surface area contributed by atoms with Gasteiger partial charge in [-0.2, -0.15) is 5.01 Å². The summed E-state index contributed by atoms with van der Waals surface area (Å²) in [5, 5.41) is 4.83. The second kappa shape index (κ2) is 13.0. The maximum Gasteiger partial charge on any atom is 0.334 e. The number of piperazine rings is 1. The SMILES string of the molecule is O=C1[C@H](c2ccccc2)N2C(=O)CN(CF)N(C(=O)NCc3ccc(F)cc3)[C@H]2CN1CCOCc1ccccc1F. The van der Waals surface area contributed by atoms with Gasteiger partial charge in [0.05, 0.1) is 19.8 Å². The lowest BCUT2D eigenvalue weighted by Crippen LogP contribution is -2.74. The summed E-state index contributed by atoms with van der Waals surface area (Å²) in [5.41, 5.74) is 1.53. The quantitative estimate of drug-likeness (QED) is 0.309. The first-order valence-corrected chi connectivity index (χ1v) is 13.5. The summed E-state index contributed by atoms with van der Waals surface area (Å²) in [6.45, 7) is -1.47. The van der Waals surface area contributed by atoms with Gasteiger partial charge in [-0.15, -0.1) is 0 Å². The normalized spacial score (nSPS) is 19.2. The maximum absolute atomic E-state index is 14.2. The molecule has 0 radical (unpaired) electrons. The molecule has 3 aromatic rings. The Bertz CT molecular complexity index is 1410. The largest absolute Gasteiger partial charge is 0.375 e. The molecule has 2 saturated heterocycles. The first-order valence-electron chi connectivity index (χ1n) is 13.5. The molecule has 2 fully saturated rings.